The van der Waals surface area contributed by atoms with E-state index in [-0.39, 0.29) is 0 Å². The lowest BCUT2D eigenvalue weighted by Crippen LogP contribution is -2.41. The van der Waals surface area contributed by atoms with Gasteiger partial charge in [-0.25, -0.2) is 0 Å². The number of carbonyl (C=O) groups is 1. The zero-order valence-corrected chi connectivity index (χ0v) is 12.3. The van der Waals surface area contributed by atoms with Gasteiger partial charge < -0.3 is 15.6 Å². The number of carbonyl (C=O) groups excluding carboxylic acids is 1. The fourth-order valence-corrected chi connectivity index (χ4v) is 1.81. The van der Waals surface area contributed by atoms with E-state index in [1.807, 2.05) is 6.07 Å². The summed E-state index contributed by atoms with van der Waals surface area (Å²) in [5.41, 5.74) is 5.66. The highest BCUT2D eigenvalue weighted by molar-refractivity contribution is 9.10. The molecule has 0 spiro atoms. The third kappa shape index (κ3) is 4.40. The summed E-state index contributed by atoms with van der Waals surface area (Å²) >= 11 is 3.30. The molecule has 4 nitrogen and oxygen atoms in total. The molecule has 0 heterocycles. The molecule has 0 aromatic heterocycles. The van der Waals surface area contributed by atoms with Gasteiger partial charge in [0.1, 0.15) is 17.7 Å². The van der Waals surface area contributed by atoms with Crippen molar-refractivity contribution in [3.8, 4) is 0 Å². The van der Waals surface area contributed by atoms with E-state index >= 15 is 0 Å². The molecule has 2 atom stereocenters. The average molecular weight is 316 g/mol. The van der Waals surface area contributed by atoms with Gasteiger partial charge in [0.2, 0.25) is 0 Å². The minimum absolute atomic E-state index is 0.572. The second-order valence-corrected chi connectivity index (χ2v) is 5.97. The average Bonchev–Trinajstić information content (AvgIpc) is 2.24. The second-order valence-electron chi connectivity index (χ2n) is 5.06. The largest absolute Gasteiger partial charge is 0.459 e. The summed E-state index contributed by atoms with van der Waals surface area (Å²) in [7, 11) is 0. The normalized spacial score (nSPS) is 15.0. The Hall–Kier alpha value is -0.910. The van der Waals surface area contributed by atoms with Gasteiger partial charge in [-0.15, -0.1) is 0 Å². The van der Waals surface area contributed by atoms with Gasteiger partial charge in [0.15, 0.2) is 0 Å². The molecule has 0 unspecified atom stereocenters. The van der Waals surface area contributed by atoms with E-state index in [2.05, 4.69) is 15.9 Å². The van der Waals surface area contributed by atoms with E-state index in [0.717, 1.165) is 4.47 Å². The number of benzene rings is 1. The van der Waals surface area contributed by atoms with Crippen LogP contribution in [0.3, 0.4) is 0 Å². The Balaban J connectivity index is 2.78. The lowest BCUT2D eigenvalue weighted by atomic mass is 10.0. The van der Waals surface area contributed by atoms with Crippen molar-refractivity contribution in [3.63, 3.8) is 0 Å². The molecule has 0 saturated carbocycles. The van der Waals surface area contributed by atoms with Crippen LogP contribution in [0.2, 0.25) is 0 Å². The molecular weight excluding hydrogens is 298 g/mol. The van der Waals surface area contributed by atoms with Crippen molar-refractivity contribution in [2.24, 2.45) is 5.73 Å². The molecule has 0 saturated heterocycles. The Kier molecular flexibility index (Phi) is 4.90. The van der Waals surface area contributed by atoms with E-state index in [1.54, 1.807) is 39.0 Å². The number of esters is 1. The lowest BCUT2D eigenvalue weighted by molar-refractivity contribution is -0.159. The van der Waals surface area contributed by atoms with Crippen LogP contribution in [0.5, 0.6) is 0 Å². The van der Waals surface area contributed by atoms with Crippen molar-refractivity contribution in [1.82, 2.24) is 0 Å². The molecule has 0 radical (unpaired) electrons. The quantitative estimate of drug-likeness (QED) is 0.838. The summed E-state index contributed by atoms with van der Waals surface area (Å²) in [6.07, 6.45) is -1.09. The molecular formula is C13H18BrNO3. The molecule has 0 fully saturated rings. The van der Waals surface area contributed by atoms with Gasteiger partial charge in [0.25, 0.3) is 0 Å². The van der Waals surface area contributed by atoms with Crippen LogP contribution in [0.4, 0.5) is 0 Å². The number of halogens is 1. The summed E-state index contributed by atoms with van der Waals surface area (Å²) in [5.74, 6) is -0.616. The molecule has 0 aliphatic carbocycles. The summed E-state index contributed by atoms with van der Waals surface area (Å²) in [5, 5.41) is 10.0. The molecule has 18 heavy (non-hydrogen) atoms. The first-order valence-corrected chi connectivity index (χ1v) is 6.42. The molecule has 100 valence electrons. The van der Waals surface area contributed by atoms with Crippen LogP contribution in [0.15, 0.2) is 28.7 Å². The SMILES string of the molecule is CC(C)(C)OC(=O)[C@@H](N)[C@H](O)c1cccc(Br)c1. The fourth-order valence-electron chi connectivity index (χ4n) is 1.40. The monoisotopic (exact) mass is 315 g/mol. The Morgan fingerprint density at radius 2 is 2.06 bits per heavy atom. The van der Waals surface area contributed by atoms with Crippen molar-refractivity contribution < 1.29 is 14.6 Å². The number of aliphatic hydroxyl groups is 1. The molecule has 0 bridgehead atoms. The van der Waals surface area contributed by atoms with Gasteiger partial charge >= 0.3 is 5.97 Å². The highest BCUT2D eigenvalue weighted by Gasteiger charge is 2.28. The summed E-state index contributed by atoms with van der Waals surface area (Å²) in [6.45, 7) is 5.26. The molecule has 0 amide bonds. The number of nitrogens with two attached hydrogens (primary N) is 1. The van der Waals surface area contributed by atoms with Crippen LogP contribution in [-0.4, -0.2) is 22.7 Å². The minimum Gasteiger partial charge on any atom is -0.459 e. The lowest BCUT2D eigenvalue weighted by Gasteiger charge is -2.24. The maximum atomic E-state index is 11.7. The van der Waals surface area contributed by atoms with Crippen molar-refractivity contribution in [1.29, 1.82) is 0 Å². The number of hydrogen-bond donors (Lipinski definition) is 2. The standard InChI is InChI=1S/C13H18BrNO3/c1-13(2,3)18-12(17)10(15)11(16)8-5-4-6-9(14)7-8/h4-7,10-11,16H,15H2,1-3H3/t10-,11+/m0/s1. The van der Waals surface area contributed by atoms with Gasteiger partial charge in [-0.2, -0.15) is 0 Å². The number of ether oxygens (including phenoxy) is 1. The predicted molar refractivity (Wildman–Crippen MR) is 72.9 cm³/mol. The highest BCUT2D eigenvalue weighted by atomic mass is 79.9. The van der Waals surface area contributed by atoms with Crippen molar-refractivity contribution in [2.75, 3.05) is 0 Å². The first kappa shape index (κ1) is 15.1. The van der Waals surface area contributed by atoms with Gasteiger partial charge in [-0.1, -0.05) is 28.1 Å². The number of aliphatic hydroxyl groups excluding tert-OH is 1. The van der Waals surface area contributed by atoms with Crippen molar-refractivity contribution >= 4 is 21.9 Å². The van der Waals surface area contributed by atoms with Gasteiger partial charge in [-0.05, 0) is 38.5 Å². The van der Waals surface area contributed by atoms with E-state index in [0.29, 0.717) is 5.56 Å². The van der Waals surface area contributed by atoms with Crippen LogP contribution >= 0.6 is 15.9 Å². The van der Waals surface area contributed by atoms with E-state index in [1.165, 1.54) is 0 Å². The molecule has 1 aromatic rings. The zero-order chi connectivity index (χ0) is 13.9. The van der Waals surface area contributed by atoms with Crippen LogP contribution in [0.1, 0.15) is 32.4 Å². The van der Waals surface area contributed by atoms with Crippen LogP contribution in [0, 0.1) is 0 Å². The van der Waals surface area contributed by atoms with Crippen molar-refractivity contribution in [3.05, 3.63) is 34.3 Å². The first-order chi connectivity index (χ1) is 8.20. The fraction of sp³-hybridized carbons (Fsp3) is 0.462. The Labute approximate surface area is 115 Å². The third-order valence-corrected chi connectivity index (χ3v) is 2.70. The second kappa shape index (κ2) is 5.82. The van der Waals surface area contributed by atoms with Crippen molar-refractivity contribution in [2.45, 2.75) is 38.5 Å². The van der Waals surface area contributed by atoms with E-state index < -0.39 is 23.7 Å². The third-order valence-electron chi connectivity index (χ3n) is 2.21. The van der Waals surface area contributed by atoms with Crippen LogP contribution < -0.4 is 5.73 Å². The van der Waals surface area contributed by atoms with Gasteiger partial charge in [0.05, 0.1) is 0 Å². The van der Waals surface area contributed by atoms with E-state index in [4.69, 9.17) is 10.5 Å². The Morgan fingerprint density at radius 3 is 2.56 bits per heavy atom. The van der Waals surface area contributed by atoms with Gasteiger partial charge in [-0.3, -0.25) is 4.79 Å². The predicted octanol–water partition coefficient (Wildman–Crippen LogP) is 2.15. The molecule has 1 rings (SSSR count). The molecule has 0 aliphatic heterocycles. The topological polar surface area (TPSA) is 72.5 Å². The maximum absolute atomic E-state index is 11.7. The Morgan fingerprint density at radius 1 is 1.44 bits per heavy atom. The zero-order valence-electron chi connectivity index (χ0n) is 10.7. The molecule has 1 aromatic carbocycles. The van der Waals surface area contributed by atoms with Crippen LogP contribution in [0.25, 0.3) is 0 Å². The summed E-state index contributed by atoms with van der Waals surface area (Å²) < 4.78 is 5.95. The maximum Gasteiger partial charge on any atom is 0.326 e. The van der Waals surface area contributed by atoms with Crippen LogP contribution in [-0.2, 0) is 9.53 Å². The van der Waals surface area contributed by atoms with Gasteiger partial charge in [0, 0.05) is 4.47 Å². The summed E-state index contributed by atoms with van der Waals surface area (Å²) in [6, 6.07) is 5.92. The highest BCUT2D eigenvalue weighted by Crippen LogP contribution is 2.21. The smallest absolute Gasteiger partial charge is 0.326 e. The van der Waals surface area contributed by atoms with E-state index in [9.17, 15) is 9.90 Å². The minimum atomic E-state index is -1.10. The molecule has 0 aliphatic rings. The molecule has 3 N–H and O–H groups in total. The Bertz CT molecular complexity index is 428. The number of rotatable bonds is 3. The molecule has 5 heteroatoms. The first-order valence-electron chi connectivity index (χ1n) is 5.62. The number of hydrogen-bond acceptors (Lipinski definition) is 4. The summed E-state index contributed by atoms with van der Waals surface area (Å²) in [4.78, 5) is 11.7.